The Kier molecular flexibility index (Phi) is 6.17. The van der Waals surface area contributed by atoms with E-state index in [1.807, 2.05) is 0 Å². The van der Waals surface area contributed by atoms with Gasteiger partial charge in [-0.3, -0.25) is 9.69 Å². The number of methoxy groups -OCH3 is 1. The first-order valence-electron chi connectivity index (χ1n) is 7.35. The summed E-state index contributed by atoms with van der Waals surface area (Å²) in [7, 11) is 1.65. The van der Waals surface area contributed by atoms with Crippen LogP contribution >= 0.6 is 0 Å². The Balaban J connectivity index is 1.77. The minimum atomic E-state index is -0.119. The Hall–Kier alpha value is -2.12. The molecule has 1 aliphatic rings. The molecule has 1 aromatic rings. The second-order valence-corrected chi connectivity index (χ2v) is 4.93. The van der Waals surface area contributed by atoms with E-state index in [0.29, 0.717) is 38.3 Å². The maximum Gasteiger partial charge on any atom is 0.321 e. The lowest BCUT2D eigenvalue weighted by Crippen LogP contribution is -2.33. The second kappa shape index (κ2) is 8.35. The molecule has 0 unspecified atom stereocenters. The number of nitrogens with zero attached hydrogens (tertiary/aromatic N) is 1. The number of benzene rings is 1. The number of amides is 3. The normalized spacial score (nSPS) is 14.0. The van der Waals surface area contributed by atoms with E-state index in [9.17, 15) is 9.59 Å². The third kappa shape index (κ3) is 4.44. The maximum atomic E-state index is 12.0. The van der Waals surface area contributed by atoms with Crippen molar-refractivity contribution < 1.29 is 14.3 Å². The molecule has 1 fully saturated rings. The van der Waals surface area contributed by atoms with Crippen LogP contribution in [0.15, 0.2) is 24.3 Å². The van der Waals surface area contributed by atoms with Gasteiger partial charge in [-0.05, 0) is 24.3 Å². The van der Waals surface area contributed by atoms with Crippen molar-refractivity contribution in [2.45, 2.75) is 0 Å². The number of hydrogen-bond donors (Lipinski definition) is 3. The van der Waals surface area contributed by atoms with Crippen LogP contribution in [0, 0.1) is 0 Å². The van der Waals surface area contributed by atoms with Gasteiger partial charge in [-0.2, -0.15) is 0 Å². The lowest BCUT2D eigenvalue weighted by Gasteiger charge is -2.14. The maximum absolute atomic E-state index is 12.0. The van der Waals surface area contributed by atoms with Crippen molar-refractivity contribution in [1.29, 1.82) is 0 Å². The summed E-state index contributed by atoms with van der Waals surface area (Å²) in [5.41, 5.74) is 1.38. The van der Waals surface area contributed by atoms with E-state index in [1.165, 1.54) is 0 Å². The molecule has 1 aliphatic heterocycles. The topological polar surface area (TPSA) is 82.7 Å². The van der Waals surface area contributed by atoms with Crippen LogP contribution < -0.4 is 20.9 Å². The Morgan fingerprint density at radius 1 is 1.27 bits per heavy atom. The summed E-state index contributed by atoms with van der Waals surface area (Å²) >= 11 is 0. The lowest BCUT2D eigenvalue weighted by atomic mass is 10.2. The highest BCUT2D eigenvalue weighted by atomic mass is 16.5. The smallest absolute Gasteiger partial charge is 0.321 e. The Morgan fingerprint density at radius 2 is 2.05 bits per heavy atom. The van der Waals surface area contributed by atoms with Gasteiger partial charge in [0, 0.05) is 51.1 Å². The van der Waals surface area contributed by atoms with Crippen LogP contribution in [0.2, 0.25) is 0 Å². The zero-order chi connectivity index (χ0) is 15.8. The van der Waals surface area contributed by atoms with E-state index in [2.05, 4.69) is 16.0 Å². The second-order valence-electron chi connectivity index (χ2n) is 4.93. The van der Waals surface area contributed by atoms with Gasteiger partial charge >= 0.3 is 6.03 Å². The van der Waals surface area contributed by atoms with Gasteiger partial charge in [0.1, 0.15) is 0 Å². The predicted molar refractivity (Wildman–Crippen MR) is 84.3 cm³/mol. The number of carbonyl (C=O) groups excluding carboxylic acids is 2. The fourth-order valence-electron chi connectivity index (χ4n) is 2.18. The number of ether oxygens (including phenoxy) is 1. The molecule has 0 radical (unpaired) electrons. The first kappa shape index (κ1) is 16.3. The summed E-state index contributed by atoms with van der Waals surface area (Å²) in [6.07, 6.45) is 0. The van der Waals surface area contributed by atoms with E-state index >= 15 is 0 Å². The molecule has 0 aromatic heterocycles. The number of hydrogen-bond acceptors (Lipinski definition) is 4. The fourth-order valence-corrected chi connectivity index (χ4v) is 2.18. The molecule has 7 heteroatoms. The van der Waals surface area contributed by atoms with Crippen LogP contribution in [-0.4, -0.2) is 58.4 Å². The highest BCUT2D eigenvalue weighted by molar-refractivity contribution is 5.96. The molecular formula is C15H22N4O3. The number of urea groups is 1. The van der Waals surface area contributed by atoms with Gasteiger partial charge in [0.15, 0.2) is 0 Å². The molecule has 0 saturated carbocycles. The number of anilines is 1. The molecule has 120 valence electrons. The number of nitrogens with one attached hydrogen (secondary N) is 3. The van der Waals surface area contributed by atoms with Crippen molar-refractivity contribution >= 4 is 17.6 Å². The highest BCUT2D eigenvalue weighted by Gasteiger charge is 2.20. The van der Waals surface area contributed by atoms with Crippen LogP contribution in [0.1, 0.15) is 10.4 Å². The molecule has 0 atom stereocenters. The molecule has 0 spiro atoms. The SMILES string of the molecule is COCCNCCNC(=O)c1ccc(N2CCNC2=O)cc1. The summed E-state index contributed by atoms with van der Waals surface area (Å²) in [6, 6.07) is 6.94. The summed E-state index contributed by atoms with van der Waals surface area (Å²) in [4.78, 5) is 25.2. The van der Waals surface area contributed by atoms with Crippen LogP contribution in [0.25, 0.3) is 0 Å². The van der Waals surface area contributed by atoms with E-state index in [0.717, 1.165) is 12.2 Å². The average Bonchev–Trinajstić information content (AvgIpc) is 2.97. The molecule has 3 amide bonds. The van der Waals surface area contributed by atoms with E-state index < -0.39 is 0 Å². The molecule has 22 heavy (non-hydrogen) atoms. The van der Waals surface area contributed by atoms with E-state index in [4.69, 9.17) is 4.74 Å². The average molecular weight is 306 g/mol. The van der Waals surface area contributed by atoms with Gasteiger partial charge < -0.3 is 20.7 Å². The van der Waals surface area contributed by atoms with Gasteiger partial charge in [-0.1, -0.05) is 0 Å². The summed E-state index contributed by atoms with van der Waals surface area (Å²) in [5, 5.41) is 8.74. The Morgan fingerprint density at radius 3 is 2.68 bits per heavy atom. The molecule has 1 saturated heterocycles. The largest absolute Gasteiger partial charge is 0.383 e. The molecule has 7 nitrogen and oxygen atoms in total. The van der Waals surface area contributed by atoms with Crippen molar-refractivity contribution in [3.63, 3.8) is 0 Å². The Labute approximate surface area is 130 Å². The highest BCUT2D eigenvalue weighted by Crippen LogP contribution is 2.17. The van der Waals surface area contributed by atoms with Crippen LogP contribution in [0.3, 0.4) is 0 Å². The van der Waals surface area contributed by atoms with Crippen LogP contribution in [-0.2, 0) is 4.74 Å². The monoisotopic (exact) mass is 306 g/mol. The molecule has 3 N–H and O–H groups in total. The van der Waals surface area contributed by atoms with Crippen LogP contribution in [0.4, 0.5) is 10.5 Å². The third-order valence-corrected chi connectivity index (χ3v) is 3.37. The van der Waals surface area contributed by atoms with E-state index in [-0.39, 0.29) is 11.9 Å². The first-order valence-corrected chi connectivity index (χ1v) is 7.35. The first-order chi connectivity index (χ1) is 10.7. The summed E-state index contributed by atoms with van der Waals surface area (Å²) in [5.74, 6) is -0.119. The molecule has 2 rings (SSSR count). The number of carbonyl (C=O) groups is 2. The molecule has 0 bridgehead atoms. The van der Waals surface area contributed by atoms with Crippen molar-refractivity contribution in [2.75, 3.05) is 51.3 Å². The van der Waals surface area contributed by atoms with Gasteiger partial charge in [-0.15, -0.1) is 0 Å². The van der Waals surface area contributed by atoms with Crippen LogP contribution in [0.5, 0.6) is 0 Å². The van der Waals surface area contributed by atoms with Crippen molar-refractivity contribution in [1.82, 2.24) is 16.0 Å². The van der Waals surface area contributed by atoms with Crippen molar-refractivity contribution in [2.24, 2.45) is 0 Å². The van der Waals surface area contributed by atoms with Gasteiger partial charge in [0.05, 0.1) is 6.61 Å². The van der Waals surface area contributed by atoms with E-state index in [1.54, 1.807) is 36.3 Å². The molecule has 0 aliphatic carbocycles. The predicted octanol–water partition coefficient (Wildman–Crippen LogP) is 0.182. The minimum Gasteiger partial charge on any atom is -0.383 e. The zero-order valence-corrected chi connectivity index (χ0v) is 12.7. The standard InChI is InChI=1S/C15H22N4O3/c1-22-11-9-16-6-7-17-14(20)12-2-4-13(5-3-12)19-10-8-18-15(19)21/h2-5,16H,6-11H2,1H3,(H,17,20)(H,18,21). The van der Waals surface area contributed by atoms with Gasteiger partial charge in [-0.25, -0.2) is 4.79 Å². The van der Waals surface area contributed by atoms with Crippen molar-refractivity contribution in [3.05, 3.63) is 29.8 Å². The summed E-state index contributed by atoms with van der Waals surface area (Å²) < 4.78 is 4.92. The number of rotatable bonds is 8. The molecular weight excluding hydrogens is 284 g/mol. The zero-order valence-electron chi connectivity index (χ0n) is 12.7. The fraction of sp³-hybridized carbons (Fsp3) is 0.467. The molecule has 1 aromatic carbocycles. The quantitative estimate of drug-likeness (QED) is 0.599. The summed E-state index contributed by atoms with van der Waals surface area (Å²) in [6.45, 7) is 3.97. The minimum absolute atomic E-state index is 0.0978. The lowest BCUT2D eigenvalue weighted by molar-refractivity contribution is 0.0953. The van der Waals surface area contributed by atoms with Gasteiger partial charge in [0.25, 0.3) is 5.91 Å². The third-order valence-electron chi connectivity index (χ3n) is 3.37. The van der Waals surface area contributed by atoms with Crippen molar-refractivity contribution in [3.8, 4) is 0 Å². The molecule has 1 heterocycles. The van der Waals surface area contributed by atoms with Gasteiger partial charge in [0.2, 0.25) is 0 Å². The Bertz CT molecular complexity index is 504.